The lowest BCUT2D eigenvalue weighted by Gasteiger charge is -2.38. The molecule has 1 aliphatic rings. The summed E-state index contributed by atoms with van der Waals surface area (Å²) >= 11 is 6.52. The summed E-state index contributed by atoms with van der Waals surface area (Å²) in [7, 11) is -3.35. The first-order chi connectivity index (χ1) is 18.2. The molecule has 2 N–H and O–H groups in total. The summed E-state index contributed by atoms with van der Waals surface area (Å²) in [5.74, 6) is 1.35. The fourth-order valence-corrected chi connectivity index (χ4v) is 6.39. The van der Waals surface area contributed by atoms with Crippen molar-refractivity contribution in [2.45, 2.75) is 38.3 Å². The summed E-state index contributed by atoms with van der Waals surface area (Å²) in [6.07, 6.45) is 6.51. The largest absolute Gasteiger partial charge is 0.457 e. The number of para-hydroxylation sites is 1. The number of aromatic amines is 1. The van der Waals surface area contributed by atoms with Crippen LogP contribution in [-0.4, -0.2) is 58.3 Å². The highest BCUT2D eigenvalue weighted by Crippen LogP contribution is 2.32. The van der Waals surface area contributed by atoms with Crippen LogP contribution in [-0.2, 0) is 10.0 Å². The number of rotatable bonds is 8. The van der Waals surface area contributed by atoms with E-state index in [1.807, 2.05) is 37.3 Å². The third-order valence-electron chi connectivity index (χ3n) is 6.77. The van der Waals surface area contributed by atoms with Gasteiger partial charge in [0.05, 0.1) is 22.2 Å². The molecule has 0 amide bonds. The van der Waals surface area contributed by atoms with Gasteiger partial charge in [-0.1, -0.05) is 36.7 Å². The molecule has 0 saturated carbocycles. The van der Waals surface area contributed by atoms with Crippen LogP contribution in [0.1, 0.15) is 42.1 Å². The maximum atomic E-state index is 13.6. The standard InChI is InChI=1S/C27H28ClN5O4S/c1-3-18-10-9-17(15-33(18)38(2,35)36)32-27-24-22(14-29-26(24)30-16-31-27)25(34)21-12-11-20(13-23(21)28)37-19-7-5-4-6-8-19/h4-8,11-14,16-18H,3,9-10,15H2,1-2H3,(H2,29,30,31,32). The van der Waals surface area contributed by atoms with E-state index in [0.717, 1.165) is 19.3 Å². The highest BCUT2D eigenvalue weighted by Gasteiger charge is 2.33. The Kier molecular flexibility index (Phi) is 7.38. The second-order valence-corrected chi connectivity index (χ2v) is 11.7. The fraction of sp³-hybridized carbons (Fsp3) is 0.296. The van der Waals surface area contributed by atoms with Crippen LogP contribution in [0.4, 0.5) is 5.82 Å². The predicted molar refractivity (Wildman–Crippen MR) is 148 cm³/mol. The number of hydrogen-bond donors (Lipinski definition) is 2. The second-order valence-electron chi connectivity index (χ2n) is 9.35. The zero-order valence-electron chi connectivity index (χ0n) is 21.0. The molecule has 1 aliphatic heterocycles. The molecule has 3 heterocycles. The number of piperidine rings is 1. The average molecular weight is 554 g/mol. The van der Waals surface area contributed by atoms with E-state index in [9.17, 15) is 13.2 Å². The molecule has 0 bridgehead atoms. The van der Waals surface area contributed by atoms with Crippen LogP contribution in [0.25, 0.3) is 11.0 Å². The highest BCUT2D eigenvalue weighted by atomic mass is 35.5. The third-order valence-corrected chi connectivity index (χ3v) is 8.38. The Hall–Kier alpha value is -3.47. The maximum absolute atomic E-state index is 13.6. The number of hydrogen-bond acceptors (Lipinski definition) is 7. The van der Waals surface area contributed by atoms with E-state index < -0.39 is 10.0 Å². The van der Waals surface area contributed by atoms with Gasteiger partial charge in [-0.05, 0) is 43.5 Å². The number of H-pyrrole nitrogens is 1. The molecular weight excluding hydrogens is 526 g/mol. The number of anilines is 1. The van der Waals surface area contributed by atoms with Crippen LogP contribution in [0.15, 0.2) is 61.1 Å². The Morgan fingerprint density at radius 1 is 1.13 bits per heavy atom. The molecule has 0 spiro atoms. The van der Waals surface area contributed by atoms with Crippen LogP contribution in [0.2, 0.25) is 5.02 Å². The van der Waals surface area contributed by atoms with Crippen LogP contribution in [0.3, 0.4) is 0 Å². The van der Waals surface area contributed by atoms with Gasteiger partial charge in [0, 0.05) is 36.5 Å². The first kappa shape index (κ1) is 26.1. The lowest BCUT2D eigenvalue weighted by Crippen LogP contribution is -2.50. The topological polar surface area (TPSA) is 117 Å². The summed E-state index contributed by atoms with van der Waals surface area (Å²) in [6.45, 7) is 2.32. The Morgan fingerprint density at radius 2 is 1.92 bits per heavy atom. The summed E-state index contributed by atoms with van der Waals surface area (Å²) in [5.41, 5.74) is 1.17. The first-order valence-corrected chi connectivity index (χ1v) is 14.6. The van der Waals surface area contributed by atoms with Crippen molar-refractivity contribution < 1.29 is 17.9 Å². The van der Waals surface area contributed by atoms with E-state index in [1.165, 1.54) is 12.6 Å². The molecule has 4 aromatic rings. The molecule has 5 rings (SSSR count). The number of ether oxygens (including phenoxy) is 1. The molecule has 198 valence electrons. The zero-order valence-corrected chi connectivity index (χ0v) is 22.6. The number of aromatic nitrogens is 3. The van der Waals surface area contributed by atoms with Crippen LogP contribution in [0.5, 0.6) is 11.5 Å². The molecule has 1 saturated heterocycles. The molecule has 2 atom stereocenters. The van der Waals surface area contributed by atoms with Crippen molar-refractivity contribution in [3.05, 3.63) is 77.2 Å². The van der Waals surface area contributed by atoms with Crippen molar-refractivity contribution in [2.75, 3.05) is 18.1 Å². The smallest absolute Gasteiger partial charge is 0.211 e. The van der Waals surface area contributed by atoms with Crippen LogP contribution in [0, 0.1) is 0 Å². The van der Waals surface area contributed by atoms with Crippen molar-refractivity contribution in [1.29, 1.82) is 0 Å². The van der Waals surface area contributed by atoms with Gasteiger partial charge < -0.3 is 15.0 Å². The number of sulfonamides is 1. The number of nitrogens with zero attached hydrogens (tertiary/aromatic N) is 3. The normalized spacial score (nSPS) is 18.4. The zero-order chi connectivity index (χ0) is 26.9. The number of benzene rings is 2. The van der Waals surface area contributed by atoms with Crippen molar-refractivity contribution in [3.63, 3.8) is 0 Å². The summed E-state index contributed by atoms with van der Waals surface area (Å²) in [6, 6.07) is 14.1. The average Bonchev–Trinajstić information content (AvgIpc) is 3.34. The Labute approximate surface area is 226 Å². The van der Waals surface area contributed by atoms with Crippen molar-refractivity contribution in [2.24, 2.45) is 0 Å². The summed E-state index contributed by atoms with van der Waals surface area (Å²) in [4.78, 5) is 25.3. The number of carbonyl (C=O) groups is 1. The van der Waals surface area contributed by atoms with Gasteiger partial charge in [0.1, 0.15) is 29.3 Å². The van der Waals surface area contributed by atoms with Gasteiger partial charge in [0.15, 0.2) is 5.78 Å². The first-order valence-electron chi connectivity index (χ1n) is 12.4. The van der Waals surface area contributed by atoms with E-state index in [2.05, 4.69) is 20.3 Å². The van der Waals surface area contributed by atoms with Gasteiger partial charge in [0.2, 0.25) is 10.0 Å². The summed E-state index contributed by atoms with van der Waals surface area (Å²) < 4.78 is 32.1. The van der Waals surface area contributed by atoms with Gasteiger partial charge in [-0.3, -0.25) is 4.79 Å². The number of fused-ring (bicyclic) bond motifs is 1. The minimum absolute atomic E-state index is 0.0196. The monoisotopic (exact) mass is 553 g/mol. The van der Waals surface area contributed by atoms with Gasteiger partial charge in [0.25, 0.3) is 0 Å². The molecule has 0 aliphatic carbocycles. The molecular formula is C27H28ClN5O4S. The molecule has 11 heteroatoms. The van der Waals surface area contributed by atoms with Crippen LogP contribution >= 0.6 is 11.6 Å². The highest BCUT2D eigenvalue weighted by molar-refractivity contribution is 7.88. The van der Waals surface area contributed by atoms with Crippen LogP contribution < -0.4 is 10.1 Å². The van der Waals surface area contributed by atoms with E-state index in [1.54, 1.807) is 28.7 Å². The van der Waals surface area contributed by atoms with Crippen molar-refractivity contribution in [1.82, 2.24) is 19.3 Å². The number of carbonyl (C=O) groups excluding carboxylic acids is 1. The number of ketones is 1. The molecule has 2 aromatic heterocycles. The lowest BCUT2D eigenvalue weighted by atomic mass is 9.98. The Morgan fingerprint density at radius 3 is 2.63 bits per heavy atom. The molecule has 1 fully saturated rings. The van der Waals surface area contributed by atoms with E-state index >= 15 is 0 Å². The molecule has 38 heavy (non-hydrogen) atoms. The number of nitrogens with one attached hydrogen (secondary N) is 2. The van der Waals surface area contributed by atoms with E-state index in [-0.39, 0.29) is 22.9 Å². The summed E-state index contributed by atoms with van der Waals surface area (Å²) in [5, 5.41) is 4.16. The lowest BCUT2D eigenvalue weighted by molar-refractivity contribution is 0.104. The third kappa shape index (κ3) is 5.38. The quantitative estimate of drug-likeness (QED) is 0.286. The van der Waals surface area contributed by atoms with Crippen molar-refractivity contribution >= 4 is 44.3 Å². The Bertz CT molecular complexity index is 1580. The molecule has 9 nitrogen and oxygen atoms in total. The molecule has 0 radical (unpaired) electrons. The Balaban J connectivity index is 1.42. The SMILES string of the molecule is CCC1CCC(Nc2ncnc3[nH]cc(C(=O)c4ccc(Oc5ccccc5)cc4Cl)c23)CN1S(C)(=O)=O. The van der Waals surface area contributed by atoms with Gasteiger partial charge >= 0.3 is 0 Å². The van der Waals surface area contributed by atoms with Gasteiger partial charge in [-0.15, -0.1) is 0 Å². The predicted octanol–water partition coefficient (Wildman–Crippen LogP) is 5.25. The van der Waals surface area contributed by atoms with Gasteiger partial charge in [-0.25, -0.2) is 18.4 Å². The van der Waals surface area contributed by atoms with E-state index in [4.69, 9.17) is 16.3 Å². The number of halogens is 1. The molecule has 2 unspecified atom stereocenters. The maximum Gasteiger partial charge on any atom is 0.211 e. The minimum Gasteiger partial charge on any atom is -0.457 e. The van der Waals surface area contributed by atoms with E-state index in [0.29, 0.717) is 46.0 Å². The second kappa shape index (κ2) is 10.7. The van der Waals surface area contributed by atoms with Gasteiger partial charge in [-0.2, -0.15) is 4.31 Å². The fourth-order valence-electron chi connectivity index (χ4n) is 4.88. The minimum atomic E-state index is -3.35. The van der Waals surface area contributed by atoms with Crippen molar-refractivity contribution in [3.8, 4) is 11.5 Å². The molecule has 2 aromatic carbocycles.